The molecule has 0 aliphatic carbocycles. The van der Waals surface area contributed by atoms with E-state index in [-0.39, 0.29) is 22.7 Å². The molecule has 0 saturated carbocycles. The van der Waals surface area contributed by atoms with Crippen molar-refractivity contribution in [1.29, 1.82) is 0 Å². The molecule has 2 N–H and O–H groups in total. The minimum absolute atomic E-state index is 0.167. The van der Waals surface area contributed by atoms with Gasteiger partial charge in [-0.15, -0.1) is 0 Å². The zero-order valence-electron chi connectivity index (χ0n) is 11.1. The summed E-state index contributed by atoms with van der Waals surface area (Å²) in [5.74, 6) is -0.375. The van der Waals surface area contributed by atoms with E-state index in [1.54, 1.807) is 19.2 Å². The van der Waals surface area contributed by atoms with Gasteiger partial charge in [-0.25, -0.2) is 0 Å². The first kappa shape index (κ1) is 14.9. The lowest BCUT2D eigenvalue weighted by molar-refractivity contribution is -0.111. The van der Waals surface area contributed by atoms with Crippen LogP contribution in [0.2, 0.25) is 0 Å². The molecule has 1 aromatic carbocycles. The van der Waals surface area contributed by atoms with Crippen LogP contribution in [0.4, 0.5) is 5.69 Å². The van der Waals surface area contributed by atoms with Gasteiger partial charge in [-0.1, -0.05) is 19.4 Å². The van der Waals surface area contributed by atoms with Gasteiger partial charge in [0.05, 0.1) is 11.6 Å². The minimum Gasteiger partial charge on any atom is -0.398 e. The van der Waals surface area contributed by atoms with Crippen LogP contribution in [-0.2, 0) is 4.79 Å². The van der Waals surface area contributed by atoms with E-state index in [2.05, 4.69) is 0 Å². The summed E-state index contributed by atoms with van der Waals surface area (Å²) < 4.78 is 0. The summed E-state index contributed by atoms with van der Waals surface area (Å²) in [6.45, 7) is 1.94. The lowest BCUT2D eigenvalue weighted by atomic mass is 10.0. The van der Waals surface area contributed by atoms with Crippen LogP contribution < -0.4 is 5.73 Å². The van der Waals surface area contributed by atoms with E-state index in [0.717, 1.165) is 12.7 Å². The molecule has 1 amide bonds. The van der Waals surface area contributed by atoms with Gasteiger partial charge < -0.3 is 15.4 Å². The molecule has 1 aromatic rings. The fourth-order valence-electron chi connectivity index (χ4n) is 1.89. The van der Waals surface area contributed by atoms with Crippen molar-refractivity contribution in [2.75, 3.05) is 12.8 Å². The highest BCUT2D eigenvalue weighted by Gasteiger charge is 2.22. The first-order valence-corrected chi connectivity index (χ1v) is 6.12. The van der Waals surface area contributed by atoms with Gasteiger partial charge in [0, 0.05) is 18.3 Å². The molecule has 0 aliphatic heterocycles. The van der Waals surface area contributed by atoms with Crippen LogP contribution in [0, 0.1) is 0 Å². The summed E-state index contributed by atoms with van der Waals surface area (Å²) in [7, 11) is 1.55. The van der Waals surface area contributed by atoms with Crippen molar-refractivity contribution in [3.63, 3.8) is 0 Å². The van der Waals surface area contributed by atoms with Crippen LogP contribution in [0.3, 0.4) is 0 Å². The molecule has 5 nitrogen and oxygen atoms in total. The van der Waals surface area contributed by atoms with Gasteiger partial charge in [-0.2, -0.15) is 0 Å². The lowest BCUT2D eigenvalue weighted by Gasteiger charge is -2.24. The second-order valence-electron chi connectivity index (χ2n) is 4.33. The third-order valence-electron chi connectivity index (χ3n) is 3.05. The van der Waals surface area contributed by atoms with Gasteiger partial charge in [-0.05, 0) is 18.6 Å². The highest BCUT2D eigenvalue weighted by Crippen LogP contribution is 2.18. The maximum Gasteiger partial charge on any atom is 0.255 e. The summed E-state index contributed by atoms with van der Waals surface area (Å²) >= 11 is 0. The van der Waals surface area contributed by atoms with Gasteiger partial charge in [0.1, 0.15) is 6.29 Å². The highest BCUT2D eigenvalue weighted by atomic mass is 16.2. The second kappa shape index (κ2) is 6.68. The Hall–Kier alpha value is -2.17. The molecule has 19 heavy (non-hydrogen) atoms. The van der Waals surface area contributed by atoms with E-state index < -0.39 is 6.04 Å². The van der Waals surface area contributed by atoms with E-state index in [1.165, 1.54) is 11.0 Å². The maximum atomic E-state index is 12.3. The Morgan fingerprint density at radius 2 is 2.11 bits per heavy atom. The first-order valence-electron chi connectivity index (χ1n) is 6.12. The number of carbonyl (C=O) groups excluding carboxylic acids is 3. The summed E-state index contributed by atoms with van der Waals surface area (Å²) in [5, 5.41) is 0. The van der Waals surface area contributed by atoms with E-state index in [1.807, 2.05) is 6.92 Å². The van der Waals surface area contributed by atoms with Crippen molar-refractivity contribution in [2.45, 2.75) is 25.8 Å². The maximum absolute atomic E-state index is 12.3. The Morgan fingerprint density at radius 1 is 1.42 bits per heavy atom. The Labute approximate surface area is 112 Å². The largest absolute Gasteiger partial charge is 0.398 e. The molecule has 0 aromatic heterocycles. The summed E-state index contributed by atoms with van der Waals surface area (Å²) in [5.41, 5.74) is 6.31. The zero-order chi connectivity index (χ0) is 14.4. The quantitative estimate of drug-likeness (QED) is 0.622. The molecule has 0 fully saturated rings. The van der Waals surface area contributed by atoms with Crippen molar-refractivity contribution in [3.8, 4) is 0 Å². The molecule has 0 spiro atoms. The molecule has 5 heteroatoms. The zero-order valence-corrected chi connectivity index (χ0v) is 11.1. The van der Waals surface area contributed by atoms with Crippen LogP contribution in [0.1, 0.15) is 40.5 Å². The predicted molar refractivity (Wildman–Crippen MR) is 73.1 cm³/mol. The number of aldehydes is 2. The number of anilines is 1. The van der Waals surface area contributed by atoms with Crippen LogP contribution in [-0.4, -0.2) is 36.5 Å². The third kappa shape index (κ3) is 3.19. The van der Waals surface area contributed by atoms with Crippen molar-refractivity contribution < 1.29 is 14.4 Å². The van der Waals surface area contributed by atoms with E-state index in [4.69, 9.17) is 5.73 Å². The molecular weight excluding hydrogens is 244 g/mol. The van der Waals surface area contributed by atoms with Crippen LogP contribution in [0.15, 0.2) is 18.2 Å². The van der Waals surface area contributed by atoms with E-state index >= 15 is 0 Å². The SMILES string of the molecule is CCCC(C=O)N(C)C(=O)c1cccc(N)c1C=O. The number of nitrogen functional groups attached to an aromatic ring is 1. The normalized spacial score (nSPS) is 11.7. The smallest absolute Gasteiger partial charge is 0.255 e. The van der Waals surface area contributed by atoms with Crippen LogP contribution in [0.25, 0.3) is 0 Å². The molecule has 0 aliphatic rings. The van der Waals surface area contributed by atoms with Gasteiger partial charge in [0.25, 0.3) is 5.91 Å². The number of nitrogens with zero attached hydrogens (tertiary/aromatic N) is 1. The van der Waals surface area contributed by atoms with E-state index in [0.29, 0.717) is 12.7 Å². The van der Waals surface area contributed by atoms with Crippen molar-refractivity contribution in [1.82, 2.24) is 4.90 Å². The average Bonchev–Trinajstić information content (AvgIpc) is 2.42. The Morgan fingerprint density at radius 3 is 2.63 bits per heavy atom. The molecular formula is C14H18N2O3. The molecule has 0 bridgehead atoms. The van der Waals surface area contributed by atoms with Crippen molar-refractivity contribution in [2.24, 2.45) is 0 Å². The molecule has 0 saturated heterocycles. The summed E-state index contributed by atoms with van der Waals surface area (Å²) in [6.07, 6.45) is 2.68. The third-order valence-corrected chi connectivity index (χ3v) is 3.05. The number of rotatable bonds is 6. The number of carbonyl (C=O) groups is 3. The standard InChI is InChI=1S/C14H18N2O3/c1-3-5-10(8-17)16(2)14(19)11-6-4-7-13(15)12(11)9-18/h4,6-10H,3,5,15H2,1-2H3. The fourth-order valence-corrected chi connectivity index (χ4v) is 1.89. The van der Waals surface area contributed by atoms with E-state index in [9.17, 15) is 14.4 Å². The molecule has 1 rings (SSSR count). The molecule has 0 radical (unpaired) electrons. The summed E-state index contributed by atoms with van der Waals surface area (Å²) in [4.78, 5) is 35.7. The number of benzene rings is 1. The number of likely N-dealkylation sites (N-methyl/N-ethyl adjacent to an activating group) is 1. The number of nitrogens with two attached hydrogens (primary N) is 1. The predicted octanol–water partition coefficient (Wildman–Crippen LogP) is 1.52. The Balaban J connectivity index is 3.09. The van der Waals surface area contributed by atoms with Crippen LogP contribution in [0.5, 0.6) is 0 Å². The van der Waals surface area contributed by atoms with Gasteiger partial charge in [0.15, 0.2) is 6.29 Å². The van der Waals surface area contributed by atoms with Gasteiger partial charge in [-0.3, -0.25) is 9.59 Å². The Bertz CT molecular complexity index is 486. The number of amides is 1. The van der Waals surface area contributed by atoms with Crippen molar-refractivity contribution >= 4 is 24.2 Å². The van der Waals surface area contributed by atoms with Crippen LogP contribution >= 0.6 is 0 Å². The highest BCUT2D eigenvalue weighted by molar-refractivity contribution is 6.04. The van der Waals surface area contributed by atoms with Crippen molar-refractivity contribution in [3.05, 3.63) is 29.3 Å². The molecule has 1 atom stereocenters. The molecule has 1 unspecified atom stereocenters. The number of hydrogen-bond acceptors (Lipinski definition) is 4. The monoisotopic (exact) mass is 262 g/mol. The Kier molecular flexibility index (Phi) is 5.23. The molecule has 102 valence electrons. The number of hydrogen-bond donors (Lipinski definition) is 1. The molecule has 0 heterocycles. The minimum atomic E-state index is -0.488. The lowest BCUT2D eigenvalue weighted by Crippen LogP contribution is -2.38. The van der Waals surface area contributed by atoms with Gasteiger partial charge in [0.2, 0.25) is 0 Å². The topological polar surface area (TPSA) is 80.5 Å². The fraction of sp³-hybridized carbons (Fsp3) is 0.357. The summed E-state index contributed by atoms with van der Waals surface area (Å²) in [6, 6.07) is 4.22. The second-order valence-corrected chi connectivity index (χ2v) is 4.33. The van der Waals surface area contributed by atoms with Gasteiger partial charge >= 0.3 is 0 Å². The first-order chi connectivity index (χ1) is 9.06. The average molecular weight is 262 g/mol.